The molecule has 0 amide bonds. The van der Waals surface area contributed by atoms with E-state index in [0.29, 0.717) is 0 Å². The molecule has 25 valence electrons. The third-order valence-corrected chi connectivity index (χ3v) is 0. The molecule has 0 saturated carbocycles. The number of hydrogen-bond donors (Lipinski definition) is 1. The summed E-state index contributed by atoms with van der Waals surface area (Å²) in [5.41, 5.74) is 0. The standard InChI is InChI=1S/C3H4O.Y/c1-3(2)4;/h1-2H2;/p+1. The van der Waals surface area contributed by atoms with E-state index < -0.39 is 0 Å². The maximum atomic E-state index is 7.75. The fourth-order valence-corrected chi connectivity index (χ4v) is 0. The molecule has 0 aromatic carbocycles. The Kier molecular flexibility index (Phi) is 8.21. The first-order chi connectivity index (χ1) is 1.73. The van der Waals surface area contributed by atoms with Crippen molar-refractivity contribution in [2.45, 2.75) is 0 Å². The quantitative estimate of drug-likeness (QED) is 0.397. The van der Waals surface area contributed by atoms with Gasteiger partial charge < -0.3 is 5.11 Å². The van der Waals surface area contributed by atoms with E-state index in [1.54, 1.807) is 0 Å². The van der Waals surface area contributed by atoms with Gasteiger partial charge in [0, 0.05) is 32.7 Å². The van der Waals surface area contributed by atoms with Crippen LogP contribution in [0.5, 0.6) is 0 Å². The van der Waals surface area contributed by atoms with E-state index in [0.717, 1.165) is 0 Å². The van der Waals surface area contributed by atoms with Crippen molar-refractivity contribution in [2.24, 2.45) is 0 Å². The Balaban J connectivity index is 0. The Bertz CT molecular complexity index is 29.9. The van der Waals surface area contributed by atoms with E-state index in [1.165, 1.54) is 0 Å². The largest absolute Gasteiger partial charge is 0.478 e. The Morgan fingerprint density at radius 3 is 1.80 bits per heavy atom. The summed E-state index contributed by atoms with van der Waals surface area (Å²) >= 11 is 0. The van der Waals surface area contributed by atoms with Gasteiger partial charge in [0.25, 0.3) is 5.76 Å². The van der Waals surface area contributed by atoms with Crippen LogP contribution < -0.4 is 0 Å². The first kappa shape index (κ1) is 9.10. The summed E-state index contributed by atoms with van der Waals surface area (Å²) in [7, 11) is 0. The van der Waals surface area contributed by atoms with Crippen molar-refractivity contribution in [1.29, 1.82) is 0 Å². The van der Waals surface area contributed by atoms with Gasteiger partial charge in [0.15, 0.2) is 0 Å². The van der Waals surface area contributed by atoms with Gasteiger partial charge in [-0.05, 0) is 0 Å². The fourth-order valence-electron chi connectivity index (χ4n) is 0. The minimum absolute atomic E-state index is 0. The average molecular weight is 146 g/mol. The summed E-state index contributed by atoms with van der Waals surface area (Å²) in [5.74, 6) is -0.0833. The molecule has 0 unspecified atom stereocenters. The molecule has 0 spiro atoms. The zero-order valence-corrected chi connectivity index (χ0v) is 5.78. The molecule has 0 aliphatic rings. The van der Waals surface area contributed by atoms with E-state index in [-0.39, 0.29) is 38.5 Å². The van der Waals surface area contributed by atoms with Crippen molar-refractivity contribution in [2.75, 3.05) is 0 Å². The summed E-state index contributed by atoms with van der Waals surface area (Å²) in [5, 5.41) is 7.75. The Labute approximate surface area is 57.0 Å². The van der Waals surface area contributed by atoms with Crippen molar-refractivity contribution in [1.82, 2.24) is 0 Å². The zero-order valence-electron chi connectivity index (χ0n) is 2.94. The van der Waals surface area contributed by atoms with E-state index >= 15 is 0 Å². The summed E-state index contributed by atoms with van der Waals surface area (Å²) in [6.07, 6.45) is 0. The van der Waals surface area contributed by atoms with Crippen molar-refractivity contribution in [3.63, 3.8) is 0 Å². The molecule has 0 aromatic heterocycles. The van der Waals surface area contributed by atoms with Crippen LogP contribution in [0.15, 0.2) is 12.3 Å². The molecule has 0 heterocycles. The van der Waals surface area contributed by atoms with Gasteiger partial charge in [-0.2, -0.15) is 0 Å². The van der Waals surface area contributed by atoms with Crippen LogP contribution in [0, 0.1) is 6.92 Å². The summed E-state index contributed by atoms with van der Waals surface area (Å²) in [6.45, 7) is 6.00. The van der Waals surface area contributed by atoms with E-state index in [4.69, 9.17) is 5.11 Å². The van der Waals surface area contributed by atoms with Crippen LogP contribution in [0.1, 0.15) is 0 Å². The van der Waals surface area contributed by atoms with Crippen LogP contribution in [0.4, 0.5) is 0 Å². The Morgan fingerprint density at radius 1 is 1.80 bits per heavy atom. The number of aliphatic hydroxyl groups excluding tert-OH is 1. The molecule has 5 heavy (non-hydrogen) atoms. The Morgan fingerprint density at radius 2 is 1.80 bits per heavy atom. The van der Waals surface area contributed by atoms with Gasteiger partial charge >= 0.3 is 0 Å². The third-order valence-electron chi connectivity index (χ3n) is 0. The third kappa shape index (κ3) is 108. The predicted molar refractivity (Wildman–Crippen MR) is 17.1 cm³/mol. The van der Waals surface area contributed by atoms with Crippen LogP contribution in [-0.4, -0.2) is 5.11 Å². The molecular weight excluding hydrogens is 141 g/mol. The minimum Gasteiger partial charge on any atom is -0.478 e. The normalized spacial score (nSPS) is 4.80. The fraction of sp³-hybridized carbons (Fsp3) is 0. The van der Waals surface area contributed by atoms with E-state index in [1.807, 2.05) is 0 Å². The van der Waals surface area contributed by atoms with Crippen LogP contribution in [0.25, 0.3) is 0 Å². The van der Waals surface area contributed by atoms with Crippen LogP contribution in [0.2, 0.25) is 0 Å². The summed E-state index contributed by atoms with van der Waals surface area (Å²) in [4.78, 5) is 0. The van der Waals surface area contributed by atoms with Crippen LogP contribution in [-0.2, 0) is 32.7 Å². The summed E-state index contributed by atoms with van der Waals surface area (Å²) < 4.78 is 0. The van der Waals surface area contributed by atoms with Crippen molar-refractivity contribution in [3.8, 4) is 0 Å². The molecule has 2 heteroatoms. The maximum absolute atomic E-state index is 7.75. The monoisotopic (exact) mass is 146 g/mol. The van der Waals surface area contributed by atoms with Gasteiger partial charge in [0.2, 0.25) is 0 Å². The topological polar surface area (TPSA) is 20.2 Å². The van der Waals surface area contributed by atoms with Crippen LogP contribution >= 0.6 is 0 Å². The molecule has 1 nitrogen and oxygen atoms in total. The van der Waals surface area contributed by atoms with Gasteiger partial charge in [-0.1, -0.05) is 0 Å². The number of allylic oxidation sites excluding steroid dienone is 1. The van der Waals surface area contributed by atoms with E-state index in [2.05, 4.69) is 13.5 Å². The van der Waals surface area contributed by atoms with E-state index in [9.17, 15) is 0 Å². The van der Waals surface area contributed by atoms with Gasteiger partial charge in [-0.3, -0.25) is 0 Å². The molecule has 0 rings (SSSR count). The van der Waals surface area contributed by atoms with Gasteiger partial charge in [0.05, 0.1) is 13.5 Å². The number of aliphatic hydroxyl groups is 1. The first-order valence-corrected chi connectivity index (χ1v) is 0.931. The minimum atomic E-state index is -0.0833. The second-order valence-corrected chi connectivity index (χ2v) is 0.566. The molecule has 1 radical (unpaired) electrons. The molecule has 0 aliphatic carbocycles. The van der Waals surface area contributed by atoms with Crippen molar-refractivity contribution < 1.29 is 37.8 Å². The smallest absolute Gasteiger partial charge is 0.267 e. The number of rotatable bonds is 0. The van der Waals surface area contributed by atoms with Gasteiger partial charge in [-0.25, -0.2) is 0 Å². The molecule has 0 fully saturated rings. The molecule has 0 aromatic rings. The molecule has 0 bridgehead atoms. The second-order valence-electron chi connectivity index (χ2n) is 0.566. The predicted octanol–water partition coefficient (Wildman–Crippen LogP) is 0.890. The molecule has 1 N–H and O–H groups in total. The number of hydrogen-bond acceptors (Lipinski definition) is 1. The zero-order chi connectivity index (χ0) is 3.58. The van der Waals surface area contributed by atoms with Crippen molar-refractivity contribution >= 4 is 0 Å². The van der Waals surface area contributed by atoms with Gasteiger partial charge in [0.1, 0.15) is 0 Å². The molecule has 0 atom stereocenters. The SMILES string of the molecule is C=C([CH2+])O.[Y]. The second kappa shape index (κ2) is 4.51. The average Bonchev–Trinajstić information content (AvgIpc) is 0.811. The van der Waals surface area contributed by atoms with Crippen molar-refractivity contribution in [3.05, 3.63) is 19.3 Å². The maximum Gasteiger partial charge on any atom is 0.267 e. The molecule has 0 saturated heterocycles. The van der Waals surface area contributed by atoms with Crippen LogP contribution in [0.3, 0.4) is 0 Å². The first-order valence-electron chi connectivity index (χ1n) is 0.931. The molecule has 0 aliphatic heterocycles. The summed E-state index contributed by atoms with van der Waals surface area (Å²) in [6, 6.07) is 0. The van der Waals surface area contributed by atoms with Gasteiger partial charge in [-0.15, -0.1) is 0 Å². The molecular formula is C3H5OY+. The Hall–Kier alpha value is 0.514.